The first-order valence-electron chi connectivity index (χ1n) is 4.29. The summed E-state index contributed by atoms with van der Waals surface area (Å²) >= 11 is 2.42. The second kappa shape index (κ2) is 3.18. The van der Waals surface area contributed by atoms with Gasteiger partial charge < -0.3 is 4.74 Å². The summed E-state index contributed by atoms with van der Waals surface area (Å²) in [7, 11) is 0. The van der Waals surface area contributed by atoms with Crippen molar-refractivity contribution in [1.29, 1.82) is 0 Å². The van der Waals surface area contributed by atoms with Gasteiger partial charge in [-0.15, -0.1) is 0 Å². The van der Waals surface area contributed by atoms with E-state index >= 15 is 0 Å². The van der Waals surface area contributed by atoms with Gasteiger partial charge in [-0.2, -0.15) is 0 Å². The summed E-state index contributed by atoms with van der Waals surface area (Å²) in [5.74, 6) is 0. The van der Waals surface area contributed by atoms with Gasteiger partial charge in [-0.05, 0) is 24.7 Å². The predicted octanol–water partition coefficient (Wildman–Crippen LogP) is 1.84. The van der Waals surface area contributed by atoms with Crippen LogP contribution in [0.1, 0.15) is 19.3 Å². The fourth-order valence-corrected chi connectivity index (χ4v) is 2.48. The maximum Gasteiger partial charge on any atom is 0.0524 e. The van der Waals surface area contributed by atoms with Gasteiger partial charge in [0, 0.05) is 42.6 Å². The maximum absolute atomic E-state index is 5.45. The highest BCUT2D eigenvalue weighted by atomic mass is 127. The molecule has 2 saturated heterocycles. The highest BCUT2D eigenvalue weighted by Gasteiger charge is 2.37. The second-order valence-electron chi connectivity index (χ2n) is 3.71. The Morgan fingerprint density at radius 1 is 1.18 bits per heavy atom. The second-order valence-corrected chi connectivity index (χ2v) is 5.08. The molecule has 0 radical (unpaired) electrons. The first-order valence-corrected chi connectivity index (χ1v) is 5.26. The van der Waals surface area contributed by atoms with Crippen molar-refractivity contribution in [3.05, 3.63) is 0 Å². The van der Waals surface area contributed by atoms with Crippen LogP contribution in [-0.2, 0) is 4.74 Å². The number of rotatable bonds is 0. The van der Waals surface area contributed by atoms with Crippen molar-refractivity contribution < 1.29 is 4.74 Å². The number of piperidine rings is 1. The minimum Gasteiger partial charge on any atom is -0.381 e. The molecule has 0 N–H and O–H groups in total. The third-order valence-corrected chi connectivity index (χ3v) is 3.92. The first-order chi connectivity index (χ1) is 5.31. The van der Waals surface area contributed by atoms with Gasteiger partial charge in [-0.25, -0.2) is 3.11 Å². The molecule has 2 heterocycles. The van der Waals surface area contributed by atoms with Gasteiger partial charge in [0.15, 0.2) is 0 Å². The molecule has 2 aliphatic rings. The third-order valence-electron chi connectivity index (χ3n) is 2.95. The topological polar surface area (TPSA) is 12.5 Å². The number of hydrogen-bond acceptors (Lipinski definition) is 2. The fourth-order valence-electron chi connectivity index (χ4n) is 2.00. The molecule has 0 aromatic rings. The molecule has 0 bridgehead atoms. The van der Waals surface area contributed by atoms with Crippen molar-refractivity contribution in [2.75, 3.05) is 26.3 Å². The minimum absolute atomic E-state index is 0.585. The van der Waals surface area contributed by atoms with E-state index in [1.807, 2.05) is 0 Å². The molecule has 0 saturated carbocycles. The van der Waals surface area contributed by atoms with Crippen LogP contribution < -0.4 is 0 Å². The van der Waals surface area contributed by atoms with Gasteiger partial charge >= 0.3 is 0 Å². The van der Waals surface area contributed by atoms with E-state index in [1.165, 1.54) is 32.4 Å². The van der Waals surface area contributed by atoms with Crippen molar-refractivity contribution in [2.45, 2.75) is 19.3 Å². The molecule has 1 spiro atoms. The number of hydrogen-bond donors (Lipinski definition) is 0. The summed E-state index contributed by atoms with van der Waals surface area (Å²) in [5, 5.41) is 0. The van der Waals surface area contributed by atoms with E-state index in [2.05, 4.69) is 26.0 Å². The Morgan fingerprint density at radius 2 is 1.91 bits per heavy atom. The Balaban J connectivity index is 1.94. The predicted molar refractivity (Wildman–Crippen MR) is 52.7 cm³/mol. The van der Waals surface area contributed by atoms with Gasteiger partial charge in [0.25, 0.3) is 0 Å². The summed E-state index contributed by atoms with van der Waals surface area (Å²) in [4.78, 5) is 0. The molecule has 64 valence electrons. The van der Waals surface area contributed by atoms with Gasteiger partial charge in [0.1, 0.15) is 0 Å². The van der Waals surface area contributed by atoms with E-state index in [4.69, 9.17) is 4.74 Å². The number of nitrogens with zero attached hydrogens (tertiary/aromatic N) is 1. The molecule has 2 fully saturated rings. The molecule has 3 heteroatoms. The van der Waals surface area contributed by atoms with E-state index in [0.29, 0.717) is 5.41 Å². The van der Waals surface area contributed by atoms with Crippen LogP contribution in [0.15, 0.2) is 0 Å². The SMILES string of the molecule is IN1CCC2(CCOC2)CC1. The van der Waals surface area contributed by atoms with Crippen molar-refractivity contribution in [1.82, 2.24) is 3.11 Å². The van der Waals surface area contributed by atoms with Crippen LogP contribution in [0.25, 0.3) is 0 Å². The summed E-state index contributed by atoms with van der Waals surface area (Å²) in [5.41, 5.74) is 0.585. The van der Waals surface area contributed by atoms with E-state index in [0.717, 1.165) is 13.2 Å². The standard InChI is InChI=1S/C8H14INO/c9-10-4-1-8(2-5-10)3-6-11-7-8/h1-7H2. The Hall–Kier alpha value is 0.650. The van der Waals surface area contributed by atoms with Crippen LogP contribution in [-0.4, -0.2) is 29.4 Å². The largest absolute Gasteiger partial charge is 0.381 e. The van der Waals surface area contributed by atoms with Gasteiger partial charge in [-0.1, -0.05) is 0 Å². The summed E-state index contributed by atoms with van der Waals surface area (Å²) < 4.78 is 7.84. The Kier molecular flexibility index (Phi) is 2.39. The van der Waals surface area contributed by atoms with Crippen LogP contribution in [0.2, 0.25) is 0 Å². The Bertz CT molecular complexity index is 135. The zero-order chi connectivity index (χ0) is 7.73. The van der Waals surface area contributed by atoms with E-state index in [-0.39, 0.29) is 0 Å². The normalized spacial score (nSPS) is 31.4. The van der Waals surface area contributed by atoms with E-state index in [1.54, 1.807) is 0 Å². The van der Waals surface area contributed by atoms with Gasteiger partial charge in [0.05, 0.1) is 6.61 Å². The van der Waals surface area contributed by atoms with Gasteiger partial charge in [0.2, 0.25) is 0 Å². The van der Waals surface area contributed by atoms with Crippen molar-refractivity contribution in [3.8, 4) is 0 Å². The van der Waals surface area contributed by atoms with Crippen molar-refractivity contribution in [2.24, 2.45) is 5.41 Å². The average Bonchev–Trinajstić information content (AvgIpc) is 2.45. The molecule has 11 heavy (non-hydrogen) atoms. The Morgan fingerprint density at radius 3 is 2.45 bits per heavy atom. The molecule has 0 atom stereocenters. The summed E-state index contributed by atoms with van der Waals surface area (Å²) in [6.07, 6.45) is 3.99. The van der Waals surface area contributed by atoms with Crippen LogP contribution in [0.5, 0.6) is 0 Å². The average molecular weight is 267 g/mol. The fraction of sp³-hybridized carbons (Fsp3) is 1.00. The maximum atomic E-state index is 5.45. The molecular weight excluding hydrogens is 253 g/mol. The molecular formula is C8H14INO. The lowest BCUT2D eigenvalue weighted by molar-refractivity contribution is 0.115. The lowest BCUT2D eigenvalue weighted by atomic mass is 9.79. The van der Waals surface area contributed by atoms with Crippen LogP contribution in [0.4, 0.5) is 0 Å². The quantitative estimate of drug-likeness (QED) is 0.490. The first kappa shape index (κ1) is 8.26. The highest BCUT2D eigenvalue weighted by Crippen LogP contribution is 2.39. The van der Waals surface area contributed by atoms with E-state index in [9.17, 15) is 0 Å². The number of ether oxygens (including phenoxy) is 1. The molecule has 0 unspecified atom stereocenters. The molecule has 0 aromatic carbocycles. The monoisotopic (exact) mass is 267 g/mol. The third kappa shape index (κ3) is 1.70. The molecule has 0 aromatic heterocycles. The van der Waals surface area contributed by atoms with Crippen LogP contribution in [0, 0.1) is 5.41 Å². The zero-order valence-corrected chi connectivity index (χ0v) is 8.84. The van der Waals surface area contributed by atoms with Crippen molar-refractivity contribution >= 4 is 22.9 Å². The Labute approximate surface area is 81.8 Å². The highest BCUT2D eigenvalue weighted by molar-refractivity contribution is 14.1. The molecule has 2 aliphatic heterocycles. The van der Waals surface area contributed by atoms with E-state index < -0.39 is 0 Å². The van der Waals surface area contributed by atoms with Crippen molar-refractivity contribution in [3.63, 3.8) is 0 Å². The lowest BCUT2D eigenvalue weighted by Gasteiger charge is -2.35. The lowest BCUT2D eigenvalue weighted by Crippen LogP contribution is -2.35. The molecule has 0 amide bonds. The molecule has 0 aliphatic carbocycles. The minimum atomic E-state index is 0.585. The smallest absolute Gasteiger partial charge is 0.0524 e. The zero-order valence-electron chi connectivity index (χ0n) is 6.68. The number of halogens is 1. The molecule has 2 nitrogen and oxygen atoms in total. The van der Waals surface area contributed by atoms with Crippen LogP contribution >= 0.6 is 22.9 Å². The van der Waals surface area contributed by atoms with Gasteiger partial charge in [-0.3, -0.25) is 0 Å². The van der Waals surface area contributed by atoms with Crippen LogP contribution in [0.3, 0.4) is 0 Å². The molecule has 2 rings (SSSR count). The summed E-state index contributed by atoms with van der Waals surface area (Å²) in [6, 6.07) is 0. The summed E-state index contributed by atoms with van der Waals surface area (Å²) in [6.45, 7) is 4.53.